The number of hydrogen-bond donors (Lipinski definition) is 2. The minimum absolute atomic E-state index is 0.0880. The van der Waals surface area contributed by atoms with Gasteiger partial charge in [-0.05, 0) is 18.4 Å². The number of aliphatic hydroxyl groups excluding tert-OH is 1. The predicted molar refractivity (Wildman–Crippen MR) is 82.9 cm³/mol. The number of benzene rings is 1. The van der Waals surface area contributed by atoms with E-state index in [1.54, 1.807) is 12.0 Å². The maximum absolute atomic E-state index is 12.4. The lowest BCUT2D eigenvalue weighted by Gasteiger charge is -2.26. The molecule has 0 saturated heterocycles. The molecule has 118 valence electrons. The Bertz CT molecular complexity index is 449. The second-order valence-corrected chi connectivity index (χ2v) is 5.53. The summed E-state index contributed by atoms with van der Waals surface area (Å²) in [5, 5.41) is 9.19. The maximum Gasteiger partial charge on any atom is 0.239 e. The number of ether oxygens (including phenoxy) is 1. The van der Waals surface area contributed by atoms with Crippen molar-refractivity contribution in [1.82, 2.24) is 4.90 Å². The number of amides is 1. The lowest BCUT2D eigenvalue weighted by atomic mass is 10.0. The second kappa shape index (κ2) is 8.64. The first-order valence-electron chi connectivity index (χ1n) is 7.26. The fourth-order valence-electron chi connectivity index (χ4n) is 2.27. The van der Waals surface area contributed by atoms with Gasteiger partial charge < -0.3 is 20.5 Å². The zero-order valence-electron chi connectivity index (χ0n) is 13.1. The molecule has 5 heteroatoms. The largest absolute Gasteiger partial charge is 0.496 e. The highest BCUT2D eigenvalue weighted by Crippen LogP contribution is 2.20. The van der Waals surface area contributed by atoms with Crippen LogP contribution in [0.5, 0.6) is 5.75 Å². The summed E-state index contributed by atoms with van der Waals surface area (Å²) in [5.74, 6) is 0.945. The van der Waals surface area contributed by atoms with Gasteiger partial charge >= 0.3 is 0 Å². The van der Waals surface area contributed by atoms with Crippen molar-refractivity contribution in [2.45, 2.75) is 32.9 Å². The van der Waals surface area contributed by atoms with Gasteiger partial charge in [-0.15, -0.1) is 0 Å². The van der Waals surface area contributed by atoms with E-state index in [2.05, 4.69) is 0 Å². The minimum atomic E-state index is -0.536. The van der Waals surface area contributed by atoms with Crippen LogP contribution >= 0.6 is 0 Å². The van der Waals surface area contributed by atoms with Gasteiger partial charge in [-0.1, -0.05) is 32.0 Å². The van der Waals surface area contributed by atoms with Crippen molar-refractivity contribution >= 4 is 5.91 Å². The molecule has 0 aliphatic carbocycles. The van der Waals surface area contributed by atoms with Crippen LogP contribution in [-0.4, -0.2) is 42.2 Å². The van der Waals surface area contributed by atoms with Crippen LogP contribution in [0.15, 0.2) is 24.3 Å². The van der Waals surface area contributed by atoms with Gasteiger partial charge in [0.05, 0.1) is 19.8 Å². The summed E-state index contributed by atoms with van der Waals surface area (Å²) < 4.78 is 5.30. The van der Waals surface area contributed by atoms with Crippen LogP contribution < -0.4 is 10.5 Å². The number of methoxy groups -OCH3 is 1. The van der Waals surface area contributed by atoms with Crippen molar-refractivity contribution in [3.8, 4) is 5.75 Å². The summed E-state index contributed by atoms with van der Waals surface area (Å²) in [6.07, 6.45) is 0.632. The second-order valence-electron chi connectivity index (χ2n) is 5.53. The number of para-hydroxylation sites is 1. The molecule has 0 unspecified atom stereocenters. The van der Waals surface area contributed by atoms with Crippen molar-refractivity contribution < 1.29 is 14.6 Å². The van der Waals surface area contributed by atoms with Crippen LogP contribution in [0.25, 0.3) is 0 Å². The van der Waals surface area contributed by atoms with E-state index in [-0.39, 0.29) is 19.1 Å². The summed E-state index contributed by atoms with van der Waals surface area (Å²) in [6.45, 7) is 4.63. The zero-order chi connectivity index (χ0) is 15.8. The van der Waals surface area contributed by atoms with E-state index >= 15 is 0 Å². The van der Waals surface area contributed by atoms with Gasteiger partial charge in [0, 0.05) is 18.7 Å². The highest BCUT2D eigenvalue weighted by Gasteiger charge is 2.22. The van der Waals surface area contributed by atoms with E-state index in [1.807, 2.05) is 38.1 Å². The number of aliphatic hydroxyl groups is 1. The summed E-state index contributed by atoms with van der Waals surface area (Å²) in [4.78, 5) is 14.0. The van der Waals surface area contributed by atoms with Crippen molar-refractivity contribution in [1.29, 1.82) is 0 Å². The van der Waals surface area contributed by atoms with Crippen LogP contribution in [0.2, 0.25) is 0 Å². The molecule has 0 aliphatic rings. The molecule has 0 aliphatic heterocycles. The molecular formula is C16H26N2O3. The van der Waals surface area contributed by atoms with E-state index in [4.69, 9.17) is 10.5 Å². The van der Waals surface area contributed by atoms with E-state index in [0.29, 0.717) is 18.9 Å². The highest BCUT2D eigenvalue weighted by atomic mass is 16.5. The number of nitrogens with two attached hydrogens (primary N) is 1. The summed E-state index contributed by atoms with van der Waals surface area (Å²) in [5.41, 5.74) is 6.87. The molecule has 1 aromatic rings. The van der Waals surface area contributed by atoms with Crippen LogP contribution in [0.3, 0.4) is 0 Å². The smallest absolute Gasteiger partial charge is 0.239 e. The van der Waals surface area contributed by atoms with Gasteiger partial charge in [0.25, 0.3) is 0 Å². The molecule has 0 spiro atoms. The Kier molecular flexibility index (Phi) is 7.19. The van der Waals surface area contributed by atoms with Gasteiger partial charge in [-0.2, -0.15) is 0 Å². The van der Waals surface area contributed by atoms with Crippen molar-refractivity contribution in [3.63, 3.8) is 0 Å². The fraction of sp³-hybridized carbons (Fsp3) is 0.562. The molecule has 0 fully saturated rings. The molecule has 0 heterocycles. The topological polar surface area (TPSA) is 75.8 Å². The normalized spacial score (nSPS) is 12.3. The molecule has 0 aromatic heterocycles. The number of nitrogens with zero attached hydrogens (tertiary/aromatic N) is 1. The third-order valence-electron chi connectivity index (χ3n) is 3.28. The molecule has 21 heavy (non-hydrogen) atoms. The first kappa shape index (κ1) is 17.5. The van der Waals surface area contributed by atoms with Crippen molar-refractivity contribution in [3.05, 3.63) is 29.8 Å². The molecule has 0 saturated carbocycles. The van der Waals surface area contributed by atoms with E-state index in [1.165, 1.54) is 0 Å². The van der Waals surface area contributed by atoms with Gasteiger partial charge in [0.2, 0.25) is 5.91 Å². The molecule has 5 nitrogen and oxygen atoms in total. The zero-order valence-corrected chi connectivity index (χ0v) is 13.1. The van der Waals surface area contributed by atoms with Gasteiger partial charge in [-0.3, -0.25) is 4.79 Å². The van der Waals surface area contributed by atoms with Gasteiger partial charge in [-0.25, -0.2) is 0 Å². The van der Waals surface area contributed by atoms with Crippen LogP contribution in [-0.2, 0) is 11.3 Å². The molecule has 1 atom stereocenters. The Morgan fingerprint density at radius 1 is 1.38 bits per heavy atom. The first-order valence-corrected chi connectivity index (χ1v) is 7.26. The Labute approximate surface area is 126 Å². The standard InChI is InChI=1S/C16H26N2O3/c1-12(2)10-14(17)16(20)18(8-9-19)11-13-6-4-5-7-15(13)21-3/h4-7,12,14,19H,8-11,17H2,1-3H3/t14-/m0/s1. The Hall–Kier alpha value is -1.59. The molecule has 1 aromatic carbocycles. The summed E-state index contributed by atoms with van der Waals surface area (Å²) in [6, 6.07) is 7.00. The van der Waals surface area contributed by atoms with Gasteiger partial charge in [0.1, 0.15) is 5.75 Å². The van der Waals surface area contributed by atoms with Crippen LogP contribution in [0.1, 0.15) is 25.8 Å². The lowest BCUT2D eigenvalue weighted by molar-refractivity contribution is -0.134. The highest BCUT2D eigenvalue weighted by molar-refractivity contribution is 5.81. The average Bonchev–Trinajstić information content (AvgIpc) is 2.45. The molecule has 1 rings (SSSR count). The van der Waals surface area contributed by atoms with E-state index < -0.39 is 6.04 Å². The lowest BCUT2D eigenvalue weighted by Crippen LogP contribution is -2.45. The molecule has 3 N–H and O–H groups in total. The Balaban J connectivity index is 2.83. The quantitative estimate of drug-likeness (QED) is 0.759. The third-order valence-corrected chi connectivity index (χ3v) is 3.28. The number of carbonyl (C=O) groups is 1. The van der Waals surface area contributed by atoms with Crippen LogP contribution in [0.4, 0.5) is 0 Å². The molecule has 0 bridgehead atoms. The summed E-state index contributed by atoms with van der Waals surface area (Å²) >= 11 is 0. The minimum Gasteiger partial charge on any atom is -0.496 e. The molecular weight excluding hydrogens is 268 g/mol. The van der Waals surface area contributed by atoms with E-state index in [0.717, 1.165) is 11.3 Å². The fourth-order valence-corrected chi connectivity index (χ4v) is 2.27. The average molecular weight is 294 g/mol. The SMILES string of the molecule is COc1ccccc1CN(CCO)C(=O)[C@@H](N)CC(C)C. The summed E-state index contributed by atoms with van der Waals surface area (Å²) in [7, 11) is 1.60. The predicted octanol–water partition coefficient (Wildman–Crippen LogP) is 1.39. The first-order chi connectivity index (χ1) is 9.99. The number of rotatable bonds is 8. The Morgan fingerprint density at radius 3 is 2.62 bits per heavy atom. The van der Waals surface area contributed by atoms with E-state index in [9.17, 15) is 9.90 Å². The van der Waals surface area contributed by atoms with Gasteiger partial charge in [0.15, 0.2) is 0 Å². The number of carbonyl (C=O) groups excluding carboxylic acids is 1. The molecule has 1 amide bonds. The maximum atomic E-state index is 12.4. The van der Waals surface area contributed by atoms with Crippen molar-refractivity contribution in [2.24, 2.45) is 11.7 Å². The van der Waals surface area contributed by atoms with Crippen molar-refractivity contribution in [2.75, 3.05) is 20.3 Å². The van der Waals surface area contributed by atoms with Crippen LogP contribution in [0, 0.1) is 5.92 Å². The number of hydrogen-bond acceptors (Lipinski definition) is 4. The third kappa shape index (κ3) is 5.36. The Morgan fingerprint density at radius 2 is 2.05 bits per heavy atom. The molecule has 0 radical (unpaired) electrons. The monoisotopic (exact) mass is 294 g/mol.